The van der Waals surface area contributed by atoms with E-state index < -0.39 is 0 Å². The van der Waals surface area contributed by atoms with Crippen LogP contribution in [0.1, 0.15) is 35.2 Å². The van der Waals surface area contributed by atoms with Gasteiger partial charge in [-0.1, -0.05) is 18.3 Å². The van der Waals surface area contributed by atoms with Crippen molar-refractivity contribution in [2.45, 2.75) is 19.3 Å². The summed E-state index contributed by atoms with van der Waals surface area (Å²) in [6.07, 6.45) is 5.52. The van der Waals surface area contributed by atoms with Crippen molar-refractivity contribution in [3.05, 3.63) is 35.4 Å². The Bertz CT molecular complexity index is 460. The van der Waals surface area contributed by atoms with Crippen molar-refractivity contribution in [2.75, 3.05) is 25.1 Å². The lowest BCUT2D eigenvalue weighted by Gasteiger charge is -2.05. The first-order chi connectivity index (χ1) is 9.77. The standard InChI is InChI=1S/C16H22N2OS/c1-20-13-4-2-3-12-18-16(19)15-9-7-14(8-10-15)6-5-11-17/h7-10H,2-4,11-13,17H2,1H3,(H,18,19). The first-order valence-corrected chi connectivity index (χ1v) is 8.23. The van der Waals surface area contributed by atoms with Crippen molar-refractivity contribution >= 4 is 17.7 Å². The second-order valence-corrected chi connectivity index (χ2v) is 5.38. The molecule has 0 aliphatic heterocycles. The van der Waals surface area contributed by atoms with E-state index >= 15 is 0 Å². The number of nitrogens with one attached hydrogen (secondary N) is 1. The van der Waals surface area contributed by atoms with Crippen LogP contribution in [0.3, 0.4) is 0 Å². The molecule has 0 aliphatic rings. The molecule has 1 aromatic carbocycles. The van der Waals surface area contributed by atoms with Gasteiger partial charge in [0.25, 0.3) is 5.91 Å². The van der Waals surface area contributed by atoms with Crippen LogP contribution in [0.25, 0.3) is 0 Å². The number of hydrogen-bond acceptors (Lipinski definition) is 3. The summed E-state index contributed by atoms with van der Waals surface area (Å²) in [5, 5.41) is 2.94. The summed E-state index contributed by atoms with van der Waals surface area (Å²) in [6.45, 7) is 1.08. The number of nitrogens with two attached hydrogens (primary N) is 1. The lowest BCUT2D eigenvalue weighted by Crippen LogP contribution is -2.24. The smallest absolute Gasteiger partial charge is 0.251 e. The third kappa shape index (κ3) is 6.65. The van der Waals surface area contributed by atoms with Gasteiger partial charge in [-0.25, -0.2) is 0 Å². The molecule has 0 atom stereocenters. The molecule has 0 aliphatic carbocycles. The van der Waals surface area contributed by atoms with Gasteiger partial charge < -0.3 is 11.1 Å². The fraction of sp³-hybridized carbons (Fsp3) is 0.438. The summed E-state index contributed by atoms with van der Waals surface area (Å²) in [6, 6.07) is 7.28. The summed E-state index contributed by atoms with van der Waals surface area (Å²) < 4.78 is 0. The summed E-state index contributed by atoms with van der Waals surface area (Å²) in [7, 11) is 0. The van der Waals surface area contributed by atoms with Crippen LogP contribution in [0.2, 0.25) is 0 Å². The number of thioether (sulfide) groups is 1. The summed E-state index contributed by atoms with van der Waals surface area (Å²) in [4.78, 5) is 11.9. The van der Waals surface area contributed by atoms with Gasteiger partial charge in [-0.2, -0.15) is 11.8 Å². The third-order valence-corrected chi connectivity index (χ3v) is 3.49. The van der Waals surface area contributed by atoms with Crippen molar-refractivity contribution in [2.24, 2.45) is 5.73 Å². The van der Waals surface area contributed by atoms with Crippen LogP contribution >= 0.6 is 11.8 Å². The van der Waals surface area contributed by atoms with Crippen LogP contribution in [-0.4, -0.2) is 31.0 Å². The second-order valence-electron chi connectivity index (χ2n) is 4.39. The molecule has 1 rings (SSSR count). The van der Waals surface area contributed by atoms with E-state index in [4.69, 9.17) is 5.73 Å². The zero-order chi connectivity index (χ0) is 14.6. The molecule has 0 radical (unpaired) electrons. The third-order valence-electron chi connectivity index (χ3n) is 2.79. The highest BCUT2D eigenvalue weighted by Gasteiger charge is 2.03. The number of carbonyl (C=O) groups is 1. The van der Waals surface area contributed by atoms with E-state index in [1.807, 2.05) is 23.9 Å². The van der Waals surface area contributed by atoms with E-state index in [1.165, 1.54) is 12.2 Å². The lowest BCUT2D eigenvalue weighted by atomic mass is 10.1. The number of carbonyl (C=O) groups excluding carboxylic acids is 1. The lowest BCUT2D eigenvalue weighted by molar-refractivity contribution is 0.0953. The maximum atomic E-state index is 11.9. The van der Waals surface area contributed by atoms with Crippen molar-refractivity contribution in [3.8, 4) is 11.8 Å². The molecule has 0 fully saturated rings. The van der Waals surface area contributed by atoms with Gasteiger partial charge in [-0.05, 0) is 49.1 Å². The summed E-state index contributed by atoms with van der Waals surface area (Å²) in [5.41, 5.74) is 6.87. The highest BCUT2D eigenvalue weighted by atomic mass is 32.2. The van der Waals surface area contributed by atoms with Crippen molar-refractivity contribution in [1.82, 2.24) is 5.32 Å². The van der Waals surface area contributed by atoms with Gasteiger partial charge in [0.05, 0.1) is 6.54 Å². The minimum Gasteiger partial charge on any atom is -0.352 e. The summed E-state index contributed by atoms with van der Waals surface area (Å²) >= 11 is 1.86. The normalized spacial score (nSPS) is 9.70. The molecule has 0 aromatic heterocycles. The van der Waals surface area contributed by atoms with Crippen LogP contribution in [0.15, 0.2) is 24.3 Å². The highest BCUT2D eigenvalue weighted by Crippen LogP contribution is 2.04. The molecule has 3 N–H and O–H groups in total. The van der Waals surface area contributed by atoms with E-state index in [9.17, 15) is 4.79 Å². The molecule has 0 unspecified atom stereocenters. The molecule has 108 valence electrons. The highest BCUT2D eigenvalue weighted by molar-refractivity contribution is 7.98. The van der Waals surface area contributed by atoms with Crippen LogP contribution in [0.5, 0.6) is 0 Å². The number of hydrogen-bond donors (Lipinski definition) is 2. The maximum absolute atomic E-state index is 11.9. The molecular formula is C16H22N2OS. The van der Waals surface area contributed by atoms with Gasteiger partial charge >= 0.3 is 0 Å². The molecule has 20 heavy (non-hydrogen) atoms. The Balaban J connectivity index is 2.32. The Morgan fingerprint density at radius 3 is 2.65 bits per heavy atom. The number of amides is 1. The average molecular weight is 290 g/mol. The van der Waals surface area contributed by atoms with Crippen LogP contribution in [0.4, 0.5) is 0 Å². The largest absolute Gasteiger partial charge is 0.352 e. The first kappa shape index (κ1) is 16.6. The molecule has 0 bridgehead atoms. The topological polar surface area (TPSA) is 55.1 Å². The Kier molecular flexibility index (Phi) is 8.61. The molecular weight excluding hydrogens is 268 g/mol. The molecule has 4 heteroatoms. The number of unbranched alkanes of at least 4 members (excludes halogenated alkanes) is 2. The molecule has 0 spiro atoms. The SMILES string of the molecule is CSCCCCCNC(=O)c1ccc(C#CCN)cc1. The van der Waals surface area contributed by atoms with Crippen LogP contribution < -0.4 is 11.1 Å². The fourth-order valence-electron chi connectivity index (χ4n) is 1.71. The van der Waals surface area contributed by atoms with Gasteiger partial charge in [0.15, 0.2) is 0 Å². The zero-order valence-electron chi connectivity index (χ0n) is 11.9. The first-order valence-electron chi connectivity index (χ1n) is 6.84. The van der Waals surface area contributed by atoms with Gasteiger partial charge in [0, 0.05) is 17.7 Å². The Morgan fingerprint density at radius 2 is 2.00 bits per heavy atom. The monoisotopic (exact) mass is 290 g/mol. The van der Waals surface area contributed by atoms with E-state index in [0.717, 1.165) is 24.9 Å². The fourth-order valence-corrected chi connectivity index (χ4v) is 2.20. The minimum absolute atomic E-state index is 0.0202. The molecule has 1 aromatic rings. The Morgan fingerprint density at radius 1 is 1.25 bits per heavy atom. The molecule has 1 amide bonds. The van der Waals surface area contributed by atoms with Gasteiger partial charge in [-0.15, -0.1) is 0 Å². The molecule has 0 saturated heterocycles. The van der Waals surface area contributed by atoms with E-state index in [0.29, 0.717) is 12.1 Å². The van der Waals surface area contributed by atoms with E-state index in [1.54, 1.807) is 12.1 Å². The van der Waals surface area contributed by atoms with Crippen molar-refractivity contribution in [3.63, 3.8) is 0 Å². The van der Waals surface area contributed by atoms with Gasteiger partial charge in [-0.3, -0.25) is 4.79 Å². The minimum atomic E-state index is -0.0202. The zero-order valence-corrected chi connectivity index (χ0v) is 12.8. The quantitative estimate of drug-likeness (QED) is 0.598. The predicted octanol–water partition coefficient (Wildman–Crippen LogP) is 2.26. The van der Waals surface area contributed by atoms with Crippen LogP contribution in [0, 0.1) is 11.8 Å². The Labute approximate surface area is 125 Å². The molecule has 3 nitrogen and oxygen atoms in total. The second kappa shape index (κ2) is 10.4. The van der Waals surface area contributed by atoms with E-state index in [2.05, 4.69) is 23.4 Å². The van der Waals surface area contributed by atoms with Gasteiger partial charge in [0.2, 0.25) is 0 Å². The molecule has 0 saturated carbocycles. The maximum Gasteiger partial charge on any atom is 0.251 e. The van der Waals surface area contributed by atoms with Gasteiger partial charge in [0.1, 0.15) is 0 Å². The van der Waals surface area contributed by atoms with Crippen LogP contribution in [-0.2, 0) is 0 Å². The van der Waals surface area contributed by atoms with Crippen molar-refractivity contribution in [1.29, 1.82) is 0 Å². The summed E-state index contributed by atoms with van der Waals surface area (Å²) in [5.74, 6) is 6.89. The van der Waals surface area contributed by atoms with E-state index in [-0.39, 0.29) is 5.91 Å². The Hall–Kier alpha value is -1.44. The predicted molar refractivity (Wildman–Crippen MR) is 86.9 cm³/mol. The number of rotatable bonds is 7. The van der Waals surface area contributed by atoms with Crippen molar-refractivity contribution < 1.29 is 4.79 Å². The molecule has 0 heterocycles. The number of benzene rings is 1. The average Bonchev–Trinajstić information content (AvgIpc) is 2.49.